The van der Waals surface area contributed by atoms with Crippen molar-refractivity contribution in [2.75, 3.05) is 0 Å². The molecule has 1 fully saturated rings. The summed E-state index contributed by atoms with van der Waals surface area (Å²) in [6, 6.07) is 7.53. The van der Waals surface area contributed by atoms with Gasteiger partial charge in [-0.3, -0.25) is 0 Å². The van der Waals surface area contributed by atoms with Gasteiger partial charge in [-0.05, 0) is 51.3 Å². The molecule has 2 rings (SSSR count). The summed E-state index contributed by atoms with van der Waals surface area (Å²) in [7, 11) is -0.954. The molecule has 1 aliphatic heterocycles. The molecule has 1 heterocycles. The summed E-state index contributed by atoms with van der Waals surface area (Å²) >= 11 is 0. The zero-order chi connectivity index (χ0) is 15.8. The molecule has 2 N–H and O–H groups in total. The average molecular weight is 291 g/mol. The molecule has 1 aliphatic rings. The van der Waals surface area contributed by atoms with Crippen molar-refractivity contribution < 1.29 is 13.7 Å². The molecule has 5 heteroatoms. The van der Waals surface area contributed by atoms with Gasteiger partial charge < -0.3 is 15.0 Å². The van der Waals surface area contributed by atoms with E-state index in [2.05, 4.69) is 0 Å². The maximum absolute atomic E-state index is 14.7. The molecule has 0 radical (unpaired) electrons. The third-order valence-corrected chi connectivity index (χ3v) is 4.44. The van der Waals surface area contributed by atoms with E-state index in [1.165, 1.54) is 0 Å². The number of nitrogens with two attached hydrogens (primary N) is 1. The van der Waals surface area contributed by atoms with Gasteiger partial charge in [0.2, 0.25) is 0 Å². The second-order valence-corrected chi connectivity index (χ2v) is 6.46. The van der Waals surface area contributed by atoms with Gasteiger partial charge in [-0.2, -0.15) is 0 Å². The molecule has 0 amide bonds. The average Bonchev–Trinajstić information content (AvgIpc) is 2.66. The maximum Gasteiger partial charge on any atom is 0.525 e. The summed E-state index contributed by atoms with van der Waals surface area (Å²) < 4.78 is 26.1. The molecule has 114 valence electrons. The van der Waals surface area contributed by atoms with Gasteiger partial charge >= 0.3 is 7.12 Å². The lowest BCUT2D eigenvalue weighted by atomic mass is 9.83. The number of halogens is 1. The minimum atomic E-state index is -0.954. The highest BCUT2D eigenvalue weighted by molar-refractivity contribution is 6.55. The first-order valence-electron chi connectivity index (χ1n) is 7.19. The highest BCUT2D eigenvalue weighted by Gasteiger charge is 2.53. The Morgan fingerprint density at radius 2 is 1.57 bits per heavy atom. The predicted molar refractivity (Wildman–Crippen MR) is 84.1 cm³/mol. The van der Waals surface area contributed by atoms with Gasteiger partial charge in [0, 0.05) is 6.54 Å². The first kappa shape index (κ1) is 16.2. The van der Waals surface area contributed by atoms with E-state index in [1.54, 1.807) is 6.92 Å². The summed E-state index contributed by atoms with van der Waals surface area (Å²) in [5.74, 6) is 0. The quantitative estimate of drug-likeness (QED) is 0.867. The van der Waals surface area contributed by atoms with E-state index in [9.17, 15) is 4.39 Å². The van der Waals surface area contributed by atoms with Crippen molar-refractivity contribution in [3.8, 4) is 0 Å². The number of hydrogen-bond acceptors (Lipinski definition) is 3. The summed E-state index contributed by atoms with van der Waals surface area (Å²) in [5, 5.41) is 0. The van der Waals surface area contributed by atoms with Gasteiger partial charge in [-0.25, -0.2) is 4.39 Å². The monoisotopic (exact) mass is 291 g/mol. The Kier molecular flexibility index (Phi) is 4.29. The van der Waals surface area contributed by atoms with Gasteiger partial charge in [-0.1, -0.05) is 24.3 Å². The van der Waals surface area contributed by atoms with Crippen LogP contribution in [0.3, 0.4) is 0 Å². The van der Waals surface area contributed by atoms with E-state index in [0.717, 1.165) is 11.1 Å². The minimum absolute atomic E-state index is 0.380. The fourth-order valence-electron chi connectivity index (χ4n) is 2.15. The van der Waals surface area contributed by atoms with Gasteiger partial charge in [-0.15, -0.1) is 0 Å². The van der Waals surface area contributed by atoms with Crippen LogP contribution < -0.4 is 5.73 Å². The van der Waals surface area contributed by atoms with Crippen LogP contribution in [0.4, 0.5) is 4.39 Å². The molecule has 0 bridgehead atoms. The molecule has 21 heavy (non-hydrogen) atoms. The molecule has 1 aromatic rings. The molecule has 0 spiro atoms. The largest absolute Gasteiger partial charge is 0.525 e. The van der Waals surface area contributed by atoms with Crippen LogP contribution in [0.1, 0.15) is 45.7 Å². The second-order valence-electron chi connectivity index (χ2n) is 6.46. The van der Waals surface area contributed by atoms with E-state index >= 15 is 0 Å². The van der Waals surface area contributed by atoms with Crippen molar-refractivity contribution in [2.45, 2.75) is 52.4 Å². The first-order chi connectivity index (χ1) is 9.68. The highest BCUT2D eigenvalue weighted by atomic mass is 19.1. The SMILES string of the molecule is CC(=C(F)B1OC(C)(C)C(C)(C)O1)c1ccc(CN)cc1. The molecule has 0 unspecified atom stereocenters. The third kappa shape index (κ3) is 3.05. The Balaban J connectivity index is 2.27. The summed E-state index contributed by atoms with van der Waals surface area (Å²) in [6.07, 6.45) is 0. The lowest BCUT2D eigenvalue weighted by Gasteiger charge is -2.32. The molecule has 0 atom stereocenters. The van der Waals surface area contributed by atoms with Gasteiger partial charge in [0.05, 0.1) is 11.2 Å². The van der Waals surface area contributed by atoms with E-state index in [1.807, 2.05) is 52.0 Å². The number of hydrogen-bond donors (Lipinski definition) is 1. The molecular formula is C16H23BFNO2. The maximum atomic E-state index is 14.7. The molecule has 1 aromatic carbocycles. The Morgan fingerprint density at radius 3 is 2.00 bits per heavy atom. The Morgan fingerprint density at radius 1 is 1.10 bits per heavy atom. The van der Waals surface area contributed by atoms with Crippen LogP contribution in [-0.4, -0.2) is 18.3 Å². The normalized spacial score (nSPS) is 21.4. The van der Waals surface area contributed by atoms with E-state index in [4.69, 9.17) is 15.0 Å². The summed E-state index contributed by atoms with van der Waals surface area (Å²) in [4.78, 5) is 0. The van der Waals surface area contributed by atoms with Crippen molar-refractivity contribution >= 4 is 12.7 Å². The zero-order valence-corrected chi connectivity index (χ0v) is 13.4. The van der Waals surface area contributed by atoms with Crippen LogP contribution in [-0.2, 0) is 15.9 Å². The fraction of sp³-hybridized carbons (Fsp3) is 0.500. The predicted octanol–water partition coefficient (Wildman–Crippen LogP) is 3.48. The molecule has 3 nitrogen and oxygen atoms in total. The molecular weight excluding hydrogens is 268 g/mol. The van der Waals surface area contributed by atoms with Crippen molar-refractivity contribution in [3.05, 3.63) is 41.1 Å². The third-order valence-electron chi connectivity index (χ3n) is 4.44. The Hall–Kier alpha value is -1.17. The topological polar surface area (TPSA) is 44.5 Å². The number of benzene rings is 1. The van der Waals surface area contributed by atoms with E-state index in [-0.39, 0.29) is 5.73 Å². The van der Waals surface area contributed by atoms with Crippen LogP contribution >= 0.6 is 0 Å². The van der Waals surface area contributed by atoms with Crippen molar-refractivity contribution in [1.82, 2.24) is 0 Å². The van der Waals surface area contributed by atoms with Crippen LogP contribution in [0, 0.1) is 0 Å². The Labute approximate surface area is 126 Å². The molecule has 0 aromatic heterocycles. The second kappa shape index (κ2) is 5.56. The molecule has 1 saturated heterocycles. The lowest BCUT2D eigenvalue weighted by Crippen LogP contribution is -2.41. The lowest BCUT2D eigenvalue weighted by molar-refractivity contribution is 0.00578. The van der Waals surface area contributed by atoms with E-state index in [0.29, 0.717) is 12.1 Å². The molecule has 0 aliphatic carbocycles. The van der Waals surface area contributed by atoms with Gasteiger partial charge in [0.25, 0.3) is 0 Å². The smallest absolute Gasteiger partial charge is 0.398 e. The first-order valence-corrected chi connectivity index (χ1v) is 7.19. The number of rotatable bonds is 3. The molecule has 0 saturated carbocycles. The van der Waals surface area contributed by atoms with Crippen LogP contribution in [0.25, 0.3) is 5.57 Å². The zero-order valence-electron chi connectivity index (χ0n) is 13.4. The van der Waals surface area contributed by atoms with Crippen molar-refractivity contribution in [3.63, 3.8) is 0 Å². The standard InChI is InChI=1S/C16H23BFNO2/c1-11(13-8-6-12(10-19)7-9-13)14(18)17-20-15(2,3)16(4,5)21-17/h6-9H,10,19H2,1-5H3. The van der Waals surface area contributed by atoms with E-state index < -0.39 is 18.3 Å². The highest BCUT2D eigenvalue weighted by Crippen LogP contribution is 2.40. The van der Waals surface area contributed by atoms with Crippen LogP contribution in [0.2, 0.25) is 0 Å². The number of allylic oxidation sites excluding steroid dienone is 1. The van der Waals surface area contributed by atoms with Gasteiger partial charge in [0.15, 0.2) is 0 Å². The summed E-state index contributed by atoms with van der Waals surface area (Å²) in [5.41, 5.74) is 6.45. The van der Waals surface area contributed by atoms with Crippen molar-refractivity contribution in [1.29, 1.82) is 0 Å². The van der Waals surface area contributed by atoms with Gasteiger partial charge in [0.1, 0.15) is 5.73 Å². The van der Waals surface area contributed by atoms with Crippen LogP contribution in [0.15, 0.2) is 30.0 Å². The van der Waals surface area contributed by atoms with Crippen molar-refractivity contribution in [2.24, 2.45) is 5.73 Å². The summed E-state index contributed by atoms with van der Waals surface area (Å²) in [6.45, 7) is 9.84. The fourth-order valence-corrected chi connectivity index (χ4v) is 2.15. The minimum Gasteiger partial charge on any atom is -0.398 e. The van der Waals surface area contributed by atoms with Crippen LogP contribution in [0.5, 0.6) is 0 Å². The Bertz CT molecular complexity index is 536.